The maximum Gasteiger partial charge on any atom is 0.340 e. The number of amides is 1. The highest BCUT2D eigenvalue weighted by Gasteiger charge is 2.24. The molecule has 0 spiro atoms. The average molecular weight is 474 g/mol. The van der Waals surface area contributed by atoms with E-state index in [1.807, 2.05) is 6.92 Å². The van der Waals surface area contributed by atoms with Gasteiger partial charge in [-0.2, -0.15) is 4.31 Å². The number of esters is 1. The molecular formula is C19H24ClN3O5S2. The average Bonchev–Trinajstić information content (AvgIpc) is 3.15. The van der Waals surface area contributed by atoms with Crippen LogP contribution in [0.2, 0.25) is 5.02 Å². The van der Waals surface area contributed by atoms with Crippen molar-refractivity contribution in [1.82, 2.24) is 9.29 Å². The molecule has 0 bridgehead atoms. The van der Waals surface area contributed by atoms with Crippen LogP contribution in [0.15, 0.2) is 28.5 Å². The van der Waals surface area contributed by atoms with Crippen LogP contribution >= 0.6 is 22.9 Å². The molecule has 0 aliphatic heterocycles. The Hall–Kier alpha value is -2.01. The Kier molecular flexibility index (Phi) is 8.36. The molecule has 0 aliphatic rings. The van der Waals surface area contributed by atoms with E-state index in [1.165, 1.54) is 45.7 Å². The van der Waals surface area contributed by atoms with Crippen molar-refractivity contribution in [2.24, 2.45) is 0 Å². The number of thiazole rings is 1. The lowest BCUT2D eigenvalue weighted by atomic mass is 10.2. The molecule has 0 saturated heterocycles. The summed E-state index contributed by atoms with van der Waals surface area (Å²) < 4.78 is 32.0. The fourth-order valence-electron chi connectivity index (χ4n) is 2.73. The first kappa shape index (κ1) is 24.3. The van der Waals surface area contributed by atoms with Gasteiger partial charge < -0.3 is 4.74 Å². The smallest absolute Gasteiger partial charge is 0.340 e. The topological polar surface area (TPSA) is 96.9 Å². The lowest BCUT2D eigenvalue weighted by molar-refractivity contribution is -0.116. The Morgan fingerprint density at radius 2 is 1.83 bits per heavy atom. The van der Waals surface area contributed by atoms with E-state index >= 15 is 0 Å². The quantitative estimate of drug-likeness (QED) is 0.516. The third-order valence-corrected chi connectivity index (χ3v) is 7.61. The molecule has 1 aromatic carbocycles. The number of hydrogen-bond acceptors (Lipinski definition) is 7. The maximum atomic E-state index is 12.7. The summed E-state index contributed by atoms with van der Waals surface area (Å²) in [6.07, 6.45) is 0. The summed E-state index contributed by atoms with van der Waals surface area (Å²) in [6, 6.07) is 3.95. The first-order valence-electron chi connectivity index (χ1n) is 9.34. The van der Waals surface area contributed by atoms with Gasteiger partial charge in [-0.1, -0.05) is 25.4 Å². The number of aromatic nitrogens is 1. The van der Waals surface area contributed by atoms with Crippen molar-refractivity contribution in [1.29, 1.82) is 0 Å². The van der Waals surface area contributed by atoms with E-state index in [1.54, 1.807) is 19.2 Å². The molecule has 164 valence electrons. The van der Waals surface area contributed by atoms with Crippen LogP contribution in [-0.4, -0.2) is 49.2 Å². The van der Waals surface area contributed by atoms with Crippen molar-refractivity contribution in [2.45, 2.75) is 39.2 Å². The van der Waals surface area contributed by atoms with Gasteiger partial charge in [0.15, 0.2) is 5.13 Å². The van der Waals surface area contributed by atoms with Gasteiger partial charge in [-0.05, 0) is 25.1 Å². The van der Waals surface area contributed by atoms with Crippen LogP contribution in [-0.2, 0) is 26.2 Å². The van der Waals surface area contributed by atoms with Crippen LogP contribution in [0.25, 0.3) is 0 Å². The number of carbonyl (C=O) groups is 2. The third kappa shape index (κ3) is 5.37. The number of halogens is 1. The van der Waals surface area contributed by atoms with Gasteiger partial charge in [0.05, 0.1) is 21.2 Å². The normalized spacial score (nSPS) is 11.5. The molecule has 0 atom stereocenters. The second-order valence-electron chi connectivity index (χ2n) is 6.19. The van der Waals surface area contributed by atoms with Gasteiger partial charge in [0, 0.05) is 31.9 Å². The Morgan fingerprint density at radius 1 is 1.17 bits per heavy atom. The predicted octanol–water partition coefficient (Wildman–Crippen LogP) is 3.56. The van der Waals surface area contributed by atoms with Gasteiger partial charge in [-0.3, -0.25) is 9.69 Å². The molecule has 2 aromatic rings. The molecule has 1 aromatic heterocycles. The number of benzene rings is 1. The summed E-state index contributed by atoms with van der Waals surface area (Å²) in [7, 11) is -3.74. The minimum absolute atomic E-state index is 0.0291. The Bertz CT molecular complexity index is 1020. The van der Waals surface area contributed by atoms with E-state index < -0.39 is 16.0 Å². The summed E-state index contributed by atoms with van der Waals surface area (Å²) in [4.78, 5) is 29.9. The van der Waals surface area contributed by atoms with Gasteiger partial charge in [0.1, 0.15) is 6.61 Å². The number of sulfonamides is 1. The molecule has 8 nitrogen and oxygen atoms in total. The maximum absolute atomic E-state index is 12.7. The Morgan fingerprint density at radius 3 is 2.40 bits per heavy atom. The van der Waals surface area contributed by atoms with Crippen molar-refractivity contribution in [3.05, 3.63) is 39.9 Å². The van der Waals surface area contributed by atoms with Gasteiger partial charge in [-0.25, -0.2) is 18.2 Å². The number of hydrogen-bond donors (Lipinski definition) is 0. The lowest BCUT2D eigenvalue weighted by Crippen LogP contribution is -2.30. The SMILES string of the molecule is CCN(C(C)=O)c1nc(COC(=O)c2cc(S(=O)(=O)N(CC)CC)ccc2Cl)cs1. The fraction of sp³-hybridized carbons (Fsp3) is 0.421. The molecule has 0 N–H and O–H groups in total. The fourth-order valence-corrected chi connectivity index (χ4v) is 5.33. The highest BCUT2D eigenvalue weighted by molar-refractivity contribution is 7.89. The molecule has 1 amide bonds. The van der Waals surface area contributed by atoms with E-state index in [9.17, 15) is 18.0 Å². The van der Waals surface area contributed by atoms with Crippen molar-refractivity contribution in [3.8, 4) is 0 Å². The largest absolute Gasteiger partial charge is 0.456 e. The van der Waals surface area contributed by atoms with E-state index in [-0.39, 0.29) is 28.0 Å². The molecule has 0 unspecified atom stereocenters. The highest BCUT2D eigenvalue weighted by atomic mass is 35.5. The van der Waals surface area contributed by atoms with E-state index in [4.69, 9.17) is 16.3 Å². The van der Waals surface area contributed by atoms with Crippen molar-refractivity contribution in [2.75, 3.05) is 24.5 Å². The number of nitrogens with zero attached hydrogens (tertiary/aromatic N) is 3. The standard InChI is InChI=1S/C19H24ClN3O5S2/c1-5-22(6-2)30(26,27)15-8-9-17(20)16(10-15)18(25)28-11-14-12-29-19(21-14)23(7-3)13(4)24/h8-10,12H,5-7,11H2,1-4H3. The zero-order valence-corrected chi connectivity index (χ0v) is 19.6. The van der Waals surface area contributed by atoms with Crippen LogP contribution < -0.4 is 4.90 Å². The summed E-state index contributed by atoms with van der Waals surface area (Å²) >= 11 is 7.37. The number of anilines is 1. The highest BCUT2D eigenvalue weighted by Crippen LogP contribution is 2.25. The second kappa shape index (κ2) is 10.3. The van der Waals surface area contributed by atoms with E-state index in [0.29, 0.717) is 30.5 Å². The zero-order valence-electron chi connectivity index (χ0n) is 17.2. The molecular weight excluding hydrogens is 450 g/mol. The molecule has 0 fully saturated rings. The van der Waals surface area contributed by atoms with Crippen molar-refractivity contribution in [3.63, 3.8) is 0 Å². The van der Waals surface area contributed by atoms with Crippen LogP contribution in [0.3, 0.4) is 0 Å². The number of carbonyl (C=O) groups excluding carboxylic acids is 2. The minimum Gasteiger partial charge on any atom is -0.456 e. The number of rotatable bonds is 9. The summed E-state index contributed by atoms with van der Waals surface area (Å²) in [6.45, 7) is 7.72. The first-order chi connectivity index (χ1) is 14.1. The van der Waals surface area contributed by atoms with E-state index in [2.05, 4.69) is 4.98 Å². The third-order valence-electron chi connectivity index (χ3n) is 4.32. The summed E-state index contributed by atoms with van der Waals surface area (Å²) in [5.74, 6) is -0.890. The van der Waals surface area contributed by atoms with Crippen LogP contribution in [0, 0.1) is 0 Å². The van der Waals surface area contributed by atoms with Gasteiger partial charge in [0.25, 0.3) is 0 Å². The Balaban J connectivity index is 2.18. The second-order valence-corrected chi connectivity index (χ2v) is 9.37. The lowest BCUT2D eigenvalue weighted by Gasteiger charge is -2.19. The first-order valence-corrected chi connectivity index (χ1v) is 12.0. The number of ether oxygens (including phenoxy) is 1. The molecule has 11 heteroatoms. The monoisotopic (exact) mass is 473 g/mol. The summed E-state index contributed by atoms with van der Waals surface area (Å²) in [5.41, 5.74) is 0.436. The molecule has 0 aliphatic carbocycles. The molecule has 2 rings (SSSR count). The molecule has 0 saturated carbocycles. The van der Waals surface area contributed by atoms with Crippen LogP contribution in [0.1, 0.15) is 43.7 Å². The van der Waals surface area contributed by atoms with Crippen molar-refractivity contribution < 1.29 is 22.7 Å². The molecule has 0 radical (unpaired) electrons. The van der Waals surface area contributed by atoms with Gasteiger partial charge in [0.2, 0.25) is 15.9 Å². The minimum atomic E-state index is -3.74. The van der Waals surface area contributed by atoms with Gasteiger partial charge in [-0.15, -0.1) is 11.3 Å². The molecule has 30 heavy (non-hydrogen) atoms. The van der Waals surface area contributed by atoms with E-state index in [0.717, 1.165) is 0 Å². The van der Waals surface area contributed by atoms with Crippen LogP contribution in [0.5, 0.6) is 0 Å². The predicted molar refractivity (Wildman–Crippen MR) is 116 cm³/mol. The zero-order chi connectivity index (χ0) is 22.5. The Labute approximate surface area is 185 Å². The van der Waals surface area contributed by atoms with Crippen molar-refractivity contribution >= 4 is 50.0 Å². The summed E-state index contributed by atoms with van der Waals surface area (Å²) in [5, 5.41) is 2.30. The molecule has 1 heterocycles. The van der Waals surface area contributed by atoms with Gasteiger partial charge >= 0.3 is 5.97 Å². The van der Waals surface area contributed by atoms with Crippen LogP contribution in [0.4, 0.5) is 5.13 Å².